The molecule has 4 heterocycles. The first-order valence-electron chi connectivity index (χ1n) is 12.4. The van der Waals surface area contributed by atoms with Gasteiger partial charge in [-0.05, 0) is 55.8 Å². The van der Waals surface area contributed by atoms with E-state index in [0.717, 1.165) is 0 Å². The maximum Gasteiger partial charge on any atom is 0.338 e. The Morgan fingerprint density at radius 1 is 1.15 bits per heavy atom. The molecule has 0 saturated carbocycles. The number of thiazole rings is 1. The van der Waals surface area contributed by atoms with Crippen LogP contribution in [0.5, 0.6) is 11.5 Å². The maximum absolute atomic E-state index is 13.8. The summed E-state index contributed by atoms with van der Waals surface area (Å²) in [6.45, 7) is 3.69. The van der Waals surface area contributed by atoms with Crippen LogP contribution in [0.25, 0.3) is 17.4 Å². The summed E-state index contributed by atoms with van der Waals surface area (Å²) in [4.78, 5) is 43.2. The first-order valence-corrected chi connectivity index (χ1v) is 13.2. The fraction of sp³-hybridized carbons (Fsp3) is 0.172. The van der Waals surface area contributed by atoms with Crippen LogP contribution in [0, 0.1) is 0 Å². The molecule has 11 heteroatoms. The van der Waals surface area contributed by atoms with Crippen molar-refractivity contribution in [2.75, 3.05) is 13.4 Å². The standard InChI is InChI=1S/C29H22N2O8S/c1-3-36-28(35)24-15(2)30-29-31(25(24)17-7-9-21-22(12-17)38-14-37-21)26(32)23(40-29)13-19-8-10-20(39-19)16-5-4-6-18(11-16)27(33)34/h4-13,25H,3,14H2,1-2H3,(H,33,34). The van der Waals surface area contributed by atoms with Crippen LogP contribution < -0.4 is 24.4 Å². The molecule has 0 aliphatic carbocycles. The summed E-state index contributed by atoms with van der Waals surface area (Å²) in [5.41, 5.74) is 1.74. The summed E-state index contributed by atoms with van der Waals surface area (Å²) in [5.74, 6) is 0.372. The highest BCUT2D eigenvalue weighted by Gasteiger charge is 2.34. The zero-order chi connectivity index (χ0) is 28.0. The van der Waals surface area contributed by atoms with E-state index in [1.165, 1.54) is 28.0 Å². The van der Waals surface area contributed by atoms with Crippen molar-refractivity contribution in [2.45, 2.75) is 19.9 Å². The molecule has 1 unspecified atom stereocenters. The van der Waals surface area contributed by atoms with Crippen LogP contribution in [0.3, 0.4) is 0 Å². The molecule has 0 radical (unpaired) electrons. The first kappa shape index (κ1) is 25.4. The lowest BCUT2D eigenvalue weighted by Crippen LogP contribution is -2.39. The van der Waals surface area contributed by atoms with E-state index < -0.39 is 18.0 Å². The Balaban J connectivity index is 1.46. The molecule has 1 N–H and O–H groups in total. The Morgan fingerprint density at radius 3 is 2.77 bits per heavy atom. The molecule has 40 heavy (non-hydrogen) atoms. The van der Waals surface area contributed by atoms with Gasteiger partial charge in [-0.2, -0.15) is 0 Å². The number of carbonyl (C=O) groups excluding carboxylic acids is 1. The van der Waals surface area contributed by atoms with Crippen LogP contribution >= 0.6 is 11.3 Å². The average molecular weight is 559 g/mol. The lowest BCUT2D eigenvalue weighted by molar-refractivity contribution is -0.139. The predicted molar refractivity (Wildman–Crippen MR) is 144 cm³/mol. The van der Waals surface area contributed by atoms with E-state index in [2.05, 4.69) is 4.99 Å². The van der Waals surface area contributed by atoms with E-state index in [0.29, 0.717) is 49.2 Å². The summed E-state index contributed by atoms with van der Waals surface area (Å²) in [6.07, 6.45) is 1.61. The number of hydrogen-bond acceptors (Lipinski definition) is 9. The minimum atomic E-state index is -1.04. The van der Waals surface area contributed by atoms with E-state index in [1.54, 1.807) is 62.4 Å². The number of fused-ring (bicyclic) bond motifs is 2. The number of aromatic nitrogens is 1. The van der Waals surface area contributed by atoms with E-state index in [1.807, 2.05) is 0 Å². The highest BCUT2D eigenvalue weighted by Crippen LogP contribution is 2.38. The summed E-state index contributed by atoms with van der Waals surface area (Å²) < 4.78 is 24.1. The van der Waals surface area contributed by atoms with Gasteiger partial charge in [-0.1, -0.05) is 29.5 Å². The van der Waals surface area contributed by atoms with Crippen LogP contribution in [0.15, 0.2) is 80.1 Å². The number of esters is 1. The van der Waals surface area contributed by atoms with Gasteiger partial charge in [-0.25, -0.2) is 14.6 Å². The molecule has 2 aromatic heterocycles. The van der Waals surface area contributed by atoms with Crippen molar-refractivity contribution in [3.8, 4) is 22.8 Å². The Morgan fingerprint density at radius 2 is 1.98 bits per heavy atom. The molecule has 4 aromatic rings. The number of rotatable bonds is 6. The summed E-state index contributed by atoms with van der Waals surface area (Å²) in [7, 11) is 0. The molecule has 2 aliphatic rings. The fourth-order valence-electron chi connectivity index (χ4n) is 4.71. The van der Waals surface area contributed by atoms with Crippen molar-refractivity contribution in [2.24, 2.45) is 4.99 Å². The van der Waals surface area contributed by atoms with Crippen molar-refractivity contribution in [3.05, 3.63) is 102 Å². The zero-order valence-corrected chi connectivity index (χ0v) is 22.2. The Labute approximate surface area is 230 Å². The number of aromatic carboxylic acids is 1. The molecule has 10 nitrogen and oxygen atoms in total. The summed E-state index contributed by atoms with van der Waals surface area (Å²) >= 11 is 1.17. The smallest absolute Gasteiger partial charge is 0.338 e. The van der Waals surface area contributed by atoms with E-state index in [4.69, 9.17) is 18.6 Å². The van der Waals surface area contributed by atoms with Crippen molar-refractivity contribution in [1.82, 2.24) is 4.57 Å². The fourth-order valence-corrected chi connectivity index (χ4v) is 5.74. The van der Waals surface area contributed by atoms with Crippen LogP contribution in [-0.4, -0.2) is 35.0 Å². The highest BCUT2D eigenvalue weighted by atomic mass is 32.1. The maximum atomic E-state index is 13.8. The second-order valence-corrected chi connectivity index (χ2v) is 10.0. The molecule has 0 fully saturated rings. The molecule has 2 aliphatic heterocycles. The number of carboxylic acid groups (broad SMARTS) is 1. The SMILES string of the molecule is CCOC(=O)C1=C(C)N=c2sc(=Cc3ccc(-c4cccc(C(=O)O)c4)o3)c(=O)n2C1c1ccc2c(c1)OCO2. The number of allylic oxidation sites excluding steroid dienone is 1. The summed E-state index contributed by atoms with van der Waals surface area (Å²) in [6, 6.07) is 14.3. The molecule has 0 saturated heterocycles. The molecule has 1 atom stereocenters. The molecular formula is C29H22N2O8S. The molecule has 202 valence electrons. The van der Waals surface area contributed by atoms with Gasteiger partial charge in [0, 0.05) is 11.6 Å². The monoisotopic (exact) mass is 558 g/mol. The van der Waals surface area contributed by atoms with Gasteiger partial charge in [0.1, 0.15) is 11.5 Å². The number of carboxylic acids is 1. The number of carbonyl (C=O) groups is 2. The van der Waals surface area contributed by atoms with Gasteiger partial charge in [0.15, 0.2) is 16.3 Å². The van der Waals surface area contributed by atoms with Crippen molar-refractivity contribution >= 4 is 29.4 Å². The largest absolute Gasteiger partial charge is 0.478 e. The van der Waals surface area contributed by atoms with Crippen molar-refractivity contribution < 1.29 is 33.3 Å². The third-order valence-electron chi connectivity index (χ3n) is 6.52. The van der Waals surface area contributed by atoms with Crippen LogP contribution in [0.4, 0.5) is 0 Å². The molecule has 0 spiro atoms. The quantitative estimate of drug-likeness (QED) is 0.356. The molecular weight excluding hydrogens is 536 g/mol. The minimum Gasteiger partial charge on any atom is -0.478 e. The first-order chi connectivity index (χ1) is 19.3. The zero-order valence-electron chi connectivity index (χ0n) is 21.4. The molecule has 6 rings (SSSR count). The van der Waals surface area contributed by atoms with Gasteiger partial charge in [0.2, 0.25) is 6.79 Å². The third kappa shape index (κ3) is 4.39. The van der Waals surface area contributed by atoms with Gasteiger partial charge >= 0.3 is 11.9 Å². The van der Waals surface area contributed by atoms with E-state index >= 15 is 0 Å². The van der Waals surface area contributed by atoms with Crippen LogP contribution in [0.1, 0.15) is 41.6 Å². The lowest BCUT2D eigenvalue weighted by atomic mass is 9.95. The normalized spacial score (nSPS) is 16.1. The van der Waals surface area contributed by atoms with Gasteiger partial charge in [-0.15, -0.1) is 0 Å². The van der Waals surface area contributed by atoms with Gasteiger partial charge in [0.25, 0.3) is 5.56 Å². The van der Waals surface area contributed by atoms with Crippen molar-refractivity contribution in [1.29, 1.82) is 0 Å². The molecule has 0 bridgehead atoms. The Hall–Kier alpha value is -4.90. The number of hydrogen-bond donors (Lipinski definition) is 1. The minimum absolute atomic E-state index is 0.0902. The van der Waals surface area contributed by atoms with E-state index in [9.17, 15) is 19.5 Å². The van der Waals surface area contributed by atoms with E-state index in [-0.39, 0.29) is 30.1 Å². The molecule has 2 aromatic carbocycles. The number of ether oxygens (including phenoxy) is 3. The summed E-state index contributed by atoms with van der Waals surface area (Å²) in [5, 5.41) is 9.29. The second kappa shape index (κ2) is 10.0. The number of furan rings is 1. The van der Waals surface area contributed by atoms with Crippen molar-refractivity contribution in [3.63, 3.8) is 0 Å². The third-order valence-corrected chi connectivity index (χ3v) is 7.51. The number of benzene rings is 2. The Kier molecular flexibility index (Phi) is 6.35. The lowest BCUT2D eigenvalue weighted by Gasteiger charge is -2.24. The van der Waals surface area contributed by atoms with Crippen LogP contribution in [0.2, 0.25) is 0 Å². The molecule has 0 amide bonds. The average Bonchev–Trinajstić information content (AvgIpc) is 3.67. The second-order valence-electron chi connectivity index (χ2n) is 9.00. The Bertz CT molecular complexity index is 1890. The van der Waals surface area contributed by atoms with Gasteiger partial charge in [0.05, 0.1) is 34.0 Å². The highest BCUT2D eigenvalue weighted by molar-refractivity contribution is 7.07. The predicted octanol–water partition coefficient (Wildman–Crippen LogP) is 3.49. The van der Waals surface area contributed by atoms with Crippen LogP contribution in [-0.2, 0) is 9.53 Å². The number of nitrogens with zero attached hydrogens (tertiary/aromatic N) is 2. The van der Waals surface area contributed by atoms with Gasteiger partial charge in [-0.3, -0.25) is 9.36 Å². The van der Waals surface area contributed by atoms with Gasteiger partial charge < -0.3 is 23.7 Å². The topological polar surface area (TPSA) is 130 Å².